The number of carbonyl (C=O) groups is 2. The van der Waals surface area contributed by atoms with Crippen LogP contribution in [-0.2, 0) is 26.0 Å². The van der Waals surface area contributed by atoms with Crippen LogP contribution in [0.1, 0.15) is 43.4 Å². The Morgan fingerprint density at radius 1 is 1.17 bits per heavy atom. The van der Waals surface area contributed by atoms with E-state index in [0.29, 0.717) is 6.42 Å². The Labute approximate surface area is 170 Å². The van der Waals surface area contributed by atoms with Crippen LogP contribution in [0.25, 0.3) is 0 Å². The number of benzene rings is 1. The van der Waals surface area contributed by atoms with Gasteiger partial charge >= 0.3 is 11.8 Å². The Morgan fingerprint density at radius 2 is 1.90 bits per heavy atom. The third-order valence-electron chi connectivity index (χ3n) is 4.92. The molecule has 1 aromatic heterocycles. The van der Waals surface area contributed by atoms with Gasteiger partial charge in [0.25, 0.3) is 0 Å². The molecule has 156 valence electrons. The van der Waals surface area contributed by atoms with Crippen LogP contribution in [0.4, 0.5) is 5.69 Å². The molecule has 1 heterocycles. The molecule has 0 spiro atoms. The molecular weight excluding hydrogens is 394 g/mol. The van der Waals surface area contributed by atoms with Crippen molar-refractivity contribution in [2.75, 3.05) is 12.4 Å². The number of furan rings is 1. The van der Waals surface area contributed by atoms with Gasteiger partial charge in [-0.3, -0.25) is 9.59 Å². The number of fused-ring (bicyclic) bond motifs is 1. The van der Waals surface area contributed by atoms with Gasteiger partial charge in [-0.2, -0.15) is 0 Å². The number of aryl methyl sites for hydroxylation is 1. The number of rotatable bonds is 4. The third-order valence-corrected chi connectivity index (χ3v) is 6.33. The van der Waals surface area contributed by atoms with Gasteiger partial charge in [0.2, 0.25) is 10.0 Å². The number of nitrogens with one attached hydrogen (secondary N) is 3. The first kappa shape index (κ1) is 21.1. The Kier molecular flexibility index (Phi) is 5.55. The largest absolute Gasteiger partial charge is 0.466 e. The molecule has 1 aliphatic rings. The van der Waals surface area contributed by atoms with Crippen LogP contribution in [0.3, 0.4) is 0 Å². The Balaban J connectivity index is 1.73. The van der Waals surface area contributed by atoms with Gasteiger partial charge in [0.15, 0.2) is 0 Å². The second-order valence-corrected chi connectivity index (χ2v) is 9.88. The Hall–Kier alpha value is -2.65. The molecule has 2 amide bonds. The fourth-order valence-electron chi connectivity index (χ4n) is 3.58. The second kappa shape index (κ2) is 7.64. The quantitative estimate of drug-likeness (QED) is 0.657. The smallest absolute Gasteiger partial charge is 0.313 e. The van der Waals surface area contributed by atoms with Crippen molar-refractivity contribution in [3.8, 4) is 0 Å². The van der Waals surface area contributed by atoms with E-state index in [2.05, 4.69) is 29.2 Å². The van der Waals surface area contributed by atoms with Gasteiger partial charge in [0.1, 0.15) is 11.5 Å². The van der Waals surface area contributed by atoms with E-state index >= 15 is 0 Å². The summed E-state index contributed by atoms with van der Waals surface area (Å²) >= 11 is 0. The van der Waals surface area contributed by atoms with Gasteiger partial charge < -0.3 is 15.1 Å². The maximum Gasteiger partial charge on any atom is 0.313 e. The molecule has 3 rings (SSSR count). The molecule has 1 aliphatic carbocycles. The van der Waals surface area contributed by atoms with Gasteiger partial charge in [-0.25, -0.2) is 13.1 Å². The SMILES string of the molecule is CNS(=O)(=O)c1cccc(NC(=O)C(=O)N[C@H]2CC(C)(C)Cc3oc(C)cc32)c1. The molecule has 2 aromatic rings. The molecule has 1 atom stereocenters. The lowest BCUT2D eigenvalue weighted by Gasteiger charge is -2.34. The summed E-state index contributed by atoms with van der Waals surface area (Å²) in [7, 11) is -2.36. The van der Waals surface area contributed by atoms with Gasteiger partial charge in [0, 0.05) is 17.7 Å². The molecule has 29 heavy (non-hydrogen) atoms. The van der Waals surface area contributed by atoms with Crippen molar-refractivity contribution >= 4 is 27.5 Å². The van der Waals surface area contributed by atoms with Crippen molar-refractivity contribution in [3.63, 3.8) is 0 Å². The molecule has 9 heteroatoms. The van der Waals surface area contributed by atoms with Crippen LogP contribution < -0.4 is 15.4 Å². The summed E-state index contributed by atoms with van der Waals surface area (Å²) in [5.41, 5.74) is 1.03. The molecule has 0 fully saturated rings. The first-order valence-corrected chi connectivity index (χ1v) is 10.7. The molecule has 0 saturated carbocycles. The van der Waals surface area contributed by atoms with Gasteiger partial charge in [-0.15, -0.1) is 0 Å². The summed E-state index contributed by atoms with van der Waals surface area (Å²) in [4.78, 5) is 24.9. The van der Waals surface area contributed by atoms with Crippen molar-refractivity contribution in [1.29, 1.82) is 0 Å². The lowest BCUT2D eigenvalue weighted by Crippen LogP contribution is -2.41. The first-order chi connectivity index (χ1) is 13.5. The third kappa shape index (κ3) is 4.68. The Bertz CT molecular complexity index is 1060. The average molecular weight is 420 g/mol. The van der Waals surface area contributed by atoms with E-state index in [0.717, 1.165) is 23.5 Å². The number of hydrogen-bond acceptors (Lipinski definition) is 5. The maximum absolute atomic E-state index is 12.5. The van der Waals surface area contributed by atoms with E-state index in [1.54, 1.807) is 0 Å². The maximum atomic E-state index is 12.5. The predicted molar refractivity (Wildman–Crippen MR) is 108 cm³/mol. The van der Waals surface area contributed by atoms with Crippen LogP contribution in [-0.4, -0.2) is 27.3 Å². The summed E-state index contributed by atoms with van der Waals surface area (Å²) in [6, 6.07) is 7.25. The summed E-state index contributed by atoms with van der Waals surface area (Å²) in [5, 5.41) is 5.23. The average Bonchev–Trinajstić information content (AvgIpc) is 3.00. The van der Waals surface area contributed by atoms with E-state index < -0.39 is 21.8 Å². The number of amides is 2. The van der Waals surface area contributed by atoms with Crippen LogP contribution in [0.2, 0.25) is 0 Å². The molecule has 0 aliphatic heterocycles. The molecule has 0 bridgehead atoms. The van der Waals surface area contributed by atoms with Crippen molar-refractivity contribution < 1.29 is 22.4 Å². The van der Waals surface area contributed by atoms with Gasteiger partial charge in [-0.1, -0.05) is 19.9 Å². The van der Waals surface area contributed by atoms with E-state index in [1.165, 1.54) is 31.3 Å². The Morgan fingerprint density at radius 3 is 2.59 bits per heavy atom. The van der Waals surface area contributed by atoms with E-state index in [4.69, 9.17) is 4.42 Å². The molecular formula is C20H25N3O5S. The van der Waals surface area contributed by atoms with Gasteiger partial charge in [0.05, 0.1) is 10.9 Å². The minimum atomic E-state index is -3.66. The number of carbonyl (C=O) groups excluding carboxylic acids is 2. The van der Waals surface area contributed by atoms with Crippen LogP contribution >= 0.6 is 0 Å². The monoisotopic (exact) mass is 419 g/mol. The van der Waals surface area contributed by atoms with E-state index in [-0.39, 0.29) is 22.0 Å². The van der Waals surface area contributed by atoms with Crippen molar-refractivity contribution in [2.45, 2.75) is 44.6 Å². The highest BCUT2D eigenvalue weighted by Gasteiger charge is 2.36. The standard InChI is InChI=1S/C20H25N3O5S/c1-12-8-15-16(10-20(2,3)11-17(15)28-12)23-19(25)18(24)22-13-6-5-7-14(9-13)29(26,27)21-4/h5-9,16,21H,10-11H2,1-4H3,(H,22,24)(H,23,25)/t16-/m0/s1. The number of hydrogen-bond donors (Lipinski definition) is 3. The zero-order valence-electron chi connectivity index (χ0n) is 16.8. The summed E-state index contributed by atoms with van der Waals surface area (Å²) in [6.07, 6.45) is 1.44. The molecule has 0 unspecified atom stereocenters. The fourth-order valence-corrected chi connectivity index (χ4v) is 4.36. The lowest BCUT2D eigenvalue weighted by molar-refractivity contribution is -0.136. The molecule has 8 nitrogen and oxygen atoms in total. The highest BCUT2D eigenvalue weighted by atomic mass is 32.2. The molecule has 3 N–H and O–H groups in total. The fraction of sp³-hybridized carbons (Fsp3) is 0.400. The summed E-state index contributed by atoms with van der Waals surface area (Å²) in [6.45, 7) is 6.02. The molecule has 0 radical (unpaired) electrons. The lowest BCUT2D eigenvalue weighted by atomic mass is 9.74. The summed E-state index contributed by atoms with van der Waals surface area (Å²) < 4.78 is 31.8. The van der Waals surface area contributed by atoms with Gasteiger partial charge in [-0.05, 0) is 50.1 Å². The van der Waals surface area contributed by atoms with Crippen LogP contribution in [0.5, 0.6) is 0 Å². The molecule has 0 saturated heterocycles. The first-order valence-electron chi connectivity index (χ1n) is 9.25. The predicted octanol–water partition coefficient (Wildman–Crippen LogP) is 2.26. The van der Waals surface area contributed by atoms with E-state index in [9.17, 15) is 18.0 Å². The number of sulfonamides is 1. The van der Waals surface area contributed by atoms with Crippen LogP contribution in [0.15, 0.2) is 39.6 Å². The number of anilines is 1. The highest BCUT2D eigenvalue weighted by Crippen LogP contribution is 2.41. The minimum Gasteiger partial charge on any atom is -0.466 e. The van der Waals surface area contributed by atoms with Crippen LogP contribution in [0, 0.1) is 12.3 Å². The second-order valence-electron chi connectivity index (χ2n) is 8.00. The zero-order chi connectivity index (χ0) is 21.4. The topological polar surface area (TPSA) is 118 Å². The van der Waals surface area contributed by atoms with Crippen molar-refractivity contribution in [1.82, 2.24) is 10.0 Å². The zero-order valence-corrected chi connectivity index (χ0v) is 17.6. The summed E-state index contributed by atoms with van der Waals surface area (Å²) in [5.74, 6) is -0.0677. The normalized spacial score (nSPS) is 18.0. The van der Waals surface area contributed by atoms with E-state index in [1.807, 2.05) is 13.0 Å². The van der Waals surface area contributed by atoms with Crippen molar-refractivity contribution in [3.05, 3.63) is 47.4 Å². The minimum absolute atomic E-state index is 0.00856. The molecule has 1 aromatic carbocycles. The highest BCUT2D eigenvalue weighted by molar-refractivity contribution is 7.89. The van der Waals surface area contributed by atoms with Crippen molar-refractivity contribution in [2.24, 2.45) is 5.41 Å².